The van der Waals surface area contributed by atoms with Crippen molar-refractivity contribution in [2.75, 3.05) is 20.8 Å². The Morgan fingerprint density at radius 3 is 2.56 bits per heavy atom. The highest BCUT2D eigenvalue weighted by Crippen LogP contribution is 2.19. The first-order valence-electron chi connectivity index (χ1n) is 8.64. The molecule has 0 bridgehead atoms. The normalized spacial score (nSPS) is 16.7. The lowest BCUT2D eigenvalue weighted by molar-refractivity contribution is -0.128. The Bertz CT molecular complexity index is 828. The number of hydrogen-bond donors (Lipinski definition) is 1. The molecule has 0 spiro atoms. The van der Waals surface area contributed by atoms with Crippen LogP contribution in [0, 0.1) is 5.82 Å². The number of urea groups is 1. The third-order valence-corrected chi connectivity index (χ3v) is 4.44. The Balaban J connectivity index is 1.60. The van der Waals surface area contributed by atoms with E-state index in [0.29, 0.717) is 13.0 Å². The first-order valence-corrected chi connectivity index (χ1v) is 8.64. The van der Waals surface area contributed by atoms with Crippen molar-refractivity contribution in [3.05, 3.63) is 65.5 Å². The van der Waals surface area contributed by atoms with Crippen LogP contribution in [0.4, 0.5) is 9.18 Å². The van der Waals surface area contributed by atoms with Gasteiger partial charge in [-0.1, -0.05) is 36.4 Å². The Hall–Kier alpha value is -2.93. The zero-order chi connectivity index (χ0) is 19.4. The number of carbonyl (C=O) groups excluding carboxylic acids is 2. The summed E-state index contributed by atoms with van der Waals surface area (Å²) >= 11 is 0. The third kappa shape index (κ3) is 4.43. The first-order chi connectivity index (χ1) is 13.0. The predicted molar refractivity (Wildman–Crippen MR) is 98.6 cm³/mol. The van der Waals surface area contributed by atoms with Crippen LogP contribution in [0.1, 0.15) is 11.1 Å². The molecule has 1 N–H and O–H groups in total. The van der Waals surface area contributed by atoms with Crippen LogP contribution < -0.4 is 10.1 Å². The number of hydrogen-bond acceptors (Lipinski definition) is 4. The zero-order valence-electron chi connectivity index (χ0n) is 15.3. The van der Waals surface area contributed by atoms with Gasteiger partial charge in [0.05, 0.1) is 13.8 Å². The minimum absolute atomic E-state index is 0.129. The summed E-state index contributed by atoms with van der Waals surface area (Å²) in [5, 5.41) is 2.73. The molecule has 27 heavy (non-hydrogen) atoms. The molecule has 1 heterocycles. The first kappa shape index (κ1) is 18.8. The van der Waals surface area contributed by atoms with Crippen molar-refractivity contribution in [3.63, 3.8) is 0 Å². The van der Waals surface area contributed by atoms with Crippen molar-refractivity contribution in [2.24, 2.45) is 0 Å². The summed E-state index contributed by atoms with van der Waals surface area (Å²) in [6, 6.07) is 13.3. The predicted octanol–water partition coefficient (Wildman–Crippen LogP) is 2.39. The van der Waals surface area contributed by atoms with Crippen LogP contribution in [-0.4, -0.2) is 48.6 Å². The number of rotatable bonds is 7. The minimum atomic E-state index is -0.563. The van der Waals surface area contributed by atoms with Gasteiger partial charge in [-0.3, -0.25) is 9.69 Å². The number of halogens is 1. The number of amides is 3. The monoisotopic (exact) mass is 371 g/mol. The molecule has 1 aliphatic heterocycles. The molecule has 3 rings (SSSR count). The molecule has 6 nitrogen and oxygen atoms in total. The molecule has 0 aromatic heterocycles. The van der Waals surface area contributed by atoms with E-state index in [4.69, 9.17) is 4.74 Å². The SMILES string of the molecule is COc1ccc(CN(C)CN2C(=O)N[C@H](Cc3ccccc3)C2=O)cc1F. The van der Waals surface area contributed by atoms with Crippen LogP contribution in [0.25, 0.3) is 0 Å². The Morgan fingerprint density at radius 2 is 1.89 bits per heavy atom. The number of nitrogens with zero attached hydrogens (tertiary/aromatic N) is 2. The van der Waals surface area contributed by atoms with Crippen LogP contribution in [0.15, 0.2) is 48.5 Å². The van der Waals surface area contributed by atoms with E-state index in [1.807, 2.05) is 30.3 Å². The quantitative estimate of drug-likeness (QED) is 0.759. The van der Waals surface area contributed by atoms with Gasteiger partial charge in [0.25, 0.3) is 5.91 Å². The van der Waals surface area contributed by atoms with Crippen molar-refractivity contribution in [1.29, 1.82) is 0 Å². The molecule has 1 atom stereocenters. The summed E-state index contributed by atoms with van der Waals surface area (Å²) in [5.74, 6) is -0.516. The molecule has 0 saturated carbocycles. The van der Waals surface area contributed by atoms with Crippen molar-refractivity contribution in [2.45, 2.75) is 19.0 Å². The molecule has 0 unspecified atom stereocenters. The van der Waals surface area contributed by atoms with Gasteiger partial charge in [-0.2, -0.15) is 0 Å². The van der Waals surface area contributed by atoms with Crippen LogP contribution in [0.3, 0.4) is 0 Å². The topological polar surface area (TPSA) is 61.9 Å². The molecule has 0 aliphatic carbocycles. The van der Waals surface area contributed by atoms with Crippen molar-refractivity contribution in [3.8, 4) is 5.75 Å². The molecule has 1 fully saturated rings. The van der Waals surface area contributed by atoms with Crippen molar-refractivity contribution < 1.29 is 18.7 Å². The van der Waals surface area contributed by atoms with Gasteiger partial charge in [-0.25, -0.2) is 14.1 Å². The number of carbonyl (C=O) groups is 2. The van der Waals surface area contributed by atoms with Crippen molar-refractivity contribution in [1.82, 2.24) is 15.1 Å². The Labute approximate surface area is 157 Å². The molecule has 142 valence electrons. The second-order valence-corrected chi connectivity index (χ2v) is 6.58. The average molecular weight is 371 g/mol. The van der Waals surface area contributed by atoms with E-state index in [1.165, 1.54) is 18.1 Å². The summed E-state index contributed by atoms with van der Waals surface area (Å²) in [7, 11) is 3.18. The summed E-state index contributed by atoms with van der Waals surface area (Å²) < 4.78 is 18.7. The highest BCUT2D eigenvalue weighted by atomic mass is 19.1. The molecule has 2 aromatic rings. The molecular formula is C20H22FN3O3. The lowest BCUT2D eigenvalue weighted by atomic mass is 10.1. The van der Waals surface area contributed by atoms with Gasteiger partial charge in [0.15, 0.2) is 11.6 Å². The Kier molecular flexibility index (Phi) is 5.71. The number of ether oxygens (including phenoxy) is 1. The van der Waals surface area contributed by atoms with Gasteiger partial charge in [0.1, 0.15) is 6.04 Å². The highest BCUT2D eigenvalue weighted by Gasteiger charge is 2.38. The van der Waals surface area contributed by atoms with Gasteiger partial charge < -0.3 is 10.1 Å². The fourth-order valence-corrected chi connectivity index (χ4v) is 3.11. The fourth-order valence-electron chi connectivity index (χ4n) is 3.11. The van der Waals surface area contributed by atoms with E-state index in [2.05, 4.69) is 5.32 Å². The van der Waals surface area contributed by atoms with Crippen LogP contribution in [0.5, 0.6) is 5.75 Å². The Morgan fingerprint density at radius 1 is 1.15 bits per heavy atom. The molecule has 7 heteroatoms. The number of methoxy groups -OCH3 is 1. The molecule has 1 saturated heterocycles. The molecule has 3 amide bonds. The largest absolute Gasteiger partial charge is 0.494 e. The molecular weight excluding hydrogens is 349 g/mol. The maximum atomic E-state index is 13.8. The standard InChI is InChI=1S/C20H22FN3O3/c1-23(12-15-8-9-18(27-2)16(21)10-15)13-24-19(25)17(22-20(24)26)11-14-6-4-3-5-7-14/h3-10,17H,11-13H2,1-2H3,(H,22,26)/t17-/m1/s1. The van der Waals surface area contributed by atoms with E-state index in [0.717, 1.165) is 11.1 Å². The minimum Gasteiger partial charge on any atom is -0.494 e. The number of nitrogens with one attached hydrogen (secondary N) is 1. The second-order valence-electron chi connectivity index (χ2n) is 6.58. The van der Waals surface area contributed by atoms with Crippen LogP contribution in [-0.2, 0) is 17.8 Å². The zero-order valence-corrected chi connectivity index (χ0v) is 15.3. The third-order valence-electron chi connectivity index (χ3n) is 4.44. The molecule has 2 aromatic carbocycles. The highest BCUT2D eigenvalue weighted by molar-refractivity contribution is 6.04. The van der Waals surface area contributed by atoms with Crippen LogP contribution in [0.2, 0.25) is 0 Å². The van der Waals surface area contributed by atoms with Crippen LogP contribution >= 0.6 is 0 Å². The molecule has 0 radical (unpaired) electrons. The van der Waals surface area contributed by atoms with E-state index in [1.54, 1.807) is 24.1 Å². The summed E-state index contributed by atoms with van der Waals surface area (Å²) in [6.45, 7) is 0.519. The fraction of sp³-hybridized carbons (Fsp3) is 0.300. The maximum Gasteiger partial charge on any atom is 0.325 e. The number of imide groups is 1. The van der Waals surface area contributed by atoms with E-state index < -0.39 is 17.9 Å². The second kappa shape index (κ2) is 8.18. The van der Waals surface area contributed by atoms with Gasteiger partial charge >= 0.3 is 6.03 Å². The lowest BCUT2D eigenvalue weighted by Crippen LogP contribution is -2.40. The summed E-state index contributed by atoms with van der Waals surface area (Å²) in [5.41, 5.74) is 1.71. The summed E-state index contributed by atoms with van der Waals surface area (Å²) in [4.78, 5) is 27.8. The van der Waals surface area contributed by atoms with E-state index in [9.17, 15) is 14.0 Å². The number of benzene rings is 2. The van der Waals surface area contributed by atoms with Gasteiger partial charge in [0, 0.05) is 13.0 Å². The van der Waals surface area contributed by atoms with E-state index >= 15 is 0 Å². The van der Waals surface area contributed by atoms with Gasteiger partial charge in [0.2, 0.25) is 0 Å². The van der Waals surface area contributed by atoms with Gasteiger partial charge in [-0.15, -0.1) is 0 Å². The van der Waals surface area contributed by atoms with Crippen molar-refractivity contribution >= 4 is 11.9 Å². The average Bonchev–Trinajstić information content (AvgIpc) is 2.90. The van der Waals surface area contributed by atoms with Gasteiger partial charge in [-0.05, 0) is 30.3 Å². The lowest BCUT2D eigenvalue weighted by Gasteiger charge is -2.22. The van der Waals surface area contributed by atoms with E-state index in [-0.39, 0.29) is 18.3 Å². The summed E-state index contributed by atoms with van der Waals surface area (Å²) in [6.07, 6.45) is 0.454. The smallest absolute Gasteiger partial charge is 0.325 e. The maximum absolute atomic E-state index is 13.8. The molecule has 1 aliphatic rings.